The molecule has 0 aromatic heterocycles. The first kappa shape index (κ1) is 23.6. The van der Waals surface area contributed by atoms with E-state index in [2.05, 4.69) is 10.3 Å². The lowest BCUT2D eigenvalue weighted by Crippen LogP contribution is -2.64. The first-order valence-electron chi connectivity index (χ1n) is 11.3. The number of aliphatic hydroxyl groups excluding tert-OH is 1. The van der Waals surface area contributed by atoms with Crippen molar-refractivity contribution in [2.24, 2.45) is 22.6 Å². The number of nitrogens with one attached hydrogen (secondary N) is 1. The summed E-state index contributed by atoms with van der Waals surface area (Å²) in [7, 11) is 0. The third kappa shape index (κ3) is 3.11. The van der Waals surface area contributed by atoms with Crippen molar-refractivity contribution in [2.45, 2.75) is 76.4 Å². The van der Waals surface area contributed by atoms with Gasteiger partial charge in [0.15, 0.2) is 17.2 Å². The summed E-state index contributed by atoms with van der Waals surface area (Å²) in [5.74, 6) is -1.74. The highest BCUT2D eigenvalue weighted by Gasteiger charge is 2.76. The van der Waals surface area contributed by atoms with Gasteiger partial charge in [0.05, 0.1) is 12.6 Å². The summed E-state index contributed by atoms with van der Waals surface area (Å²) in [5, 5.41) is 13.4. The minimum Gasteiger partial charge on any atom is -0.393 e. The quantitative estimate of drug-likeness (QED) is 0.639. The van der Waals surface area contributed by atoms with E-state index in [-0.39, 0.29) is 24.3 Å². The van der Waals surface area contributed by atoms with Crippen LogP contribution in [0, 0.1) is 11.8 Å². The van der Waals surface area contributed by atoms with E-state index < -0.39 is 40.2 Å². The number of nitrogens with two attached hydrogens (primary N) is 1. The van der Waals surface area contributed by atoms with Crippen LogP contribution < -0.4 is 11.1 Å². The summed E-state index contributed by atoms with van der Waals surface area (Å²) in [4.78, 5) is 31.9. The molecule has 1 saturated carbocycles. The zero-order chi connectivity index (χ0) is 24.7. The molecule has 5 atom stereocenters. The van der Waals surface area contributed by atoms with Crippen LogP contribution >= 0.6 is 0 Å². The molecule has 7 nitrogen and oxygen atoms in total. The van der Waals surface area contributed by atoms with Gasteiger partial charge in [-0.05, 0) is 69.2 Å². The molecule has 4 rings (SSSR count). The molecular formula is C24H32F2N4O3. The Morgan fingerprint density at radius 3 is 2.42 bits per heavy atom. The number of benzene rings is 1. The van der Waals surface area contributed by atoms with Gasteiger partial charge in [0.25, 0.3) is 11.8 Å². The minimum atomic E-state index is -2.09. The van der Waals surface area contributed by atoms with Crippen molar-refractivity contribution in [2.75, 3.05) is 11.9 Å². The van der Waals surface area contributed by atoms with Crippen molar-refractivity contribution in [3.05, 3.63) is 29.3 Å². The van der Waals surface area contributed by atoms with Crippen LogP contribution in [0.15, 0.2) is 23.2 Å². The number of hydrogen-bond acceptors (Lipinski definition) is 5. The fraction of sp³-hybridized carbons (Fsp3) is 0.625. The summed E-state index contributed by atoms with van der Waals surface area (Å²) in [5.41, 5.74) is 1.83. The lowest BCUT2D eigenvalue weighted by atomic mass is 9.47. The van der Waals surface area contributed by atoms with Gasteiger partial charge in [-0.1, -0.05) is 19.9 Å². The second kappa shape index (κ2) is 6.98. The maximum atomic E-state index is 14.5. The van der Waals surface area contributed by atoms with Crippen LogP contribution in [0.1, 0.15) is 59.1 Å². The lowest BCUT2D eigenvalue weighted by molar-refractivity contribution is -0.138. The Hall–Kier alpha value is -2.55. The number of amides is 2. The van der Waals surface area contributed by atoms with E-state index in [1.54, 1.807) is 18.2 Å². The predicted molar refractivity (Wildman–Crippen MR) is 121 cm³/mol. The largest absolute Gasteiger partial charge is 0.393 e. The van der Waals surface area contributed by atoms with Crippen LogP contribution in [0.5, 0.6) is 0 Å². The van der Waals surface area contributed by atoms with Gasteiger partial charge in [0.1, 0.15) is 5.67 Å². The number of carbonyl (C=O) groups is 2. The molecule has 2 aliphatic carbocycles. The van der Waals surface area contributed by atoms with Gasteiger partial charge in [-0.15, -0.1) is 0 Å². The molecule has 33 heavy (non-hydrogen) atoms. The third-order valence-corrected chi connectivity index (χ3v) is 7.50. The van der Waals surface area contributed by atoms with Gasteiger partial charge in [-0.2, -0.15) is 0 Å². The Kier molecular flexibility index (Phi) is 4.99. The second-order valence-electron chi connectivity index (χ2n) is 10.9. The van der Waals surface area contributed by atoms with Gasteiger partial charge in [0.2, 0.25) is 0 Å². The summed E-state index contributed by atoms with van der Waals surface area (Å²) in [6, 6.07) is 5.07. The van der Waals surface area contributed by atoms with Crippen molar-refractivity contribution >= 4 is 23.5 Å². The predicted octanol–water partition coefficient (Wildman–Crippen LogP) is 2.76. The lowest BCUT2D eigenvalue weighted by Gasteiger charge is -2.56. The van der Waals surface area contributed by atoms with E-state index in [0.29, 0.717) is 17.7 Å². The molecular weight excluding hydrogens is 430 g/mol. The minimum absolute atomic E-state index is 0.0728. The summed E-state index contributed by atoms with van der Waals surface area (Å²) in [6.45, 7) is 8.59. The molecule has 1 aliphatic heterocycles. The highest BCUT2D eigenvalue weighted by atomic mass is 19.1. The zero-order valence-electron chi connectivity index (χ0n) is 19.9. The highest BCUT2D eigenvalue weighted by Crippen LogP contribution is 2.69. The van der Waals surface area contributed by atoms with Crippen molar-refractivity contribution < 1.29 is 23.5 Å². The maximum absolute atomic E-state index is 14.5. The molecule has 2 amide bonds. The van der Waals surface area contributed by atoms with Gasteiger partial charge in [-0.3, -0.25) is 14.5 Å². The number of guanidine groups is 1. The molecule has 0 radical (unpaired) electrons. The van der Waals surface area contributed by atoms with E-state index in [0.717, 1.165) is 19.4 Å². The van der Waals surface area contributed by atoms with Crippen molar-refractivity contribution in [3.8, 4) is 0 Å². The molecule has 1 fully saturated rings. The number of fused-ring (bicyclic) bond motifs is 4. The first-order chi connectivity index (χ1) is 15.1. The smallest absolute Gasteiger partial charge is 0.263 e. The average Bonchev–Trinajstić information content (AvgIpc) is 3.09. The molecule has 1 aromatic rings. The van der Waals surface area contributed by atoms with Gasteiger partial charge < -0.3 is 16.2 Å². The molecule has 2 spiro atoms. The van der Waals surface area contributed by atoms with E-state index in [9.17, 15) is 23.5 Å². The van der Waals surface area contributed by atoms with Gasteiger partial charge in [0, 0.05) is 11.1 Å². The van der Waals surface area contributed by atoms with E-state index in [1.807, 2.05) is 13.8 Å². The number of hydrogen-bond donors (Lipinski definition) is 3. The van der Waals surface area contributed by atoms with Gasteiger partial charge in [-0.25, -0.2) is 13.8 Å². The molecule has 0 saturated heterocycles. The normalized spacial score (nSPS) is 33.4. The van der Waals surface area contributed by atoms with Crippen LogP contribution in [0.25, 0.3) is 0 Å². The average molecular weight is 463 g/mol. The Bertz CT molecular complexity index is 1060. The SMILES string of the molecule is C[C@@H]1C[C@@]2(c3ccc(NC(=O)C(C)(C)F)cc3C23N=C(N)N(CC(C)(C)F)C3=O)[C@H](C)[C@H]1O. The number of halogens is 2. The van der Waals surface area contributed by atoms with Crippen LogP contribution in [-0.2, 0) is 20.5 Å². The van der Waals surface area contributed by atoms with Gasteiger partial charge >= 0.3 is 0 Å². The summed E-state index contributed by atoms with van der Waals surface area (Å²) in [6.07, 6.45) is -0.154. The van der Waals surface area contributed by atoms with E-state index >= 15 is 0 Å². The highest BCUT2D eigenvalue weighted by molar-refractivity contribution is 6.10. The van der Waals surface area contributed by atoms with E-state index in [1.165, 1.54) is 18.7 Å². The standard InChI is InChI=1S/C24H32F2N4O3/c1-12-10-23(13(2)17(12)31)15-8-7-14(28-18(32)22(5,6)26)9-16(15)24(23)19(33)30(20(27)29-24)11-21(3,4)25/h7-9,12-13,17,31H,10-11H2,1-6H3,(H2,27,29)(H,28,32)/t12-,13-,17+,23+,24?/m1/s1. The molecule has 1 heterocycles. The number of alkyl halides is 2. The number of anilines is 1. The molecule has 1 aromatic carbocycles. The zero-order valence-corrected chi connectivity index (χ0v) is 19.9. The monoisotopic (exact) mass is 462 g/mol. The number of rotatable bonds is 4. The Balaban J connectivity index is 1.86. The molecule has 1 unspecified atom stereocenters. The number of aliphatic imine (C=N–C) groups is 1. The summed E-state index contributed by atoms with van der Waals surface area (Å²) < 4.78 is 28.6. The molecule has 0 bridgehead atoms. The third-order valence-electron chi connectivity index (χ3n) is 7.50. The number of nitrogens with zero attached hydrogens (tertiary/aromatic N) is 2. The van der Waals surface area contributed by atoms with Crippen molar-refractivity contribution in [1.82, 2.24) is 4.90 Å². The molecule has 9 heteroatoms. The second-order valence-corrected chi connectivity index (χ2v) is 10.9. The first-order valence-corrected chi connectivity index (χ1v) is 11.3. The van der Waals surface area contributed by atoms with Crippen LogP contribution in [-0.4, -0.2) is 51.8 Å². The van der Waals surface area contributed by atoms with Crippen LogP contribution in [0.4, 0.5) is 14.5 Å². The molecule has 4 N–H and O–H groups in total. The molecule has 180 valence electrons. The van der Waals surface area contributed by atoms with Crippen molar-refractivity contribution in [3.63, 3.8) is 0 Å². The number of carbonyl (C=O) groups excluding carboxylic acids is 2. The fourth-order valence-corrected chi connectivity index (χ4v) is 5.97. The summed E-state index contributed by atoms with van der Waals surface area (Å²) >= 11 is 0. The Morgan fingerprint density at radius 1 is 1.27 bits per heavy atom. The number of aliphatic hydroxyl groups is 1. The Morgan fingerprint density at radius 2 is 1.91 bits per heavy atom. The van der Waals surface area contributed by atoms with Crippen LogP contribution in [0.3, 0.4) is 0 Å². The van der Waals surface area contributed by atoms with E-state index in [4.69, 9.17) is 5.73 Å². The Labute approximate surface area is 192 Å². The fourth-order valence-electron chi connectivity index (χ4n) is 5.97. The topological polar surface area (TPSA) is 108 Å². The molecule has 3 aliphatic rings. The maximum Gasteiger partial charge on any atom is 0.263 e. The van der Waals surface area contributed by atoms with Crippen molar-refractivity contribution in [1.29, 1.82) is 0 Å². The van der Waals surface area contributed by atoms with Crippen LogP contribution in [0.2, 0.25) is 0 Å².